The summed E-state index contributed by atoms with van der Waals surface area (Å²) in [7, 11) is 0. The Bertz CT molecular complexity index is 570. The van der Waals surface area contributed by atoms with Gasteiger partial charge in [0.15, 0.2) is 0 Å². The van der Waals surface area contributed by atoms with Crippen LogP contribution in [0.2, 0.25) is 0 Å². The highest BCUT2D eigenvalue weighted by molar-refractivity contribution is 9.09. The predicted molar refractivity (Wildman–Crippen MR) is 76.2 cm³/mol. The minimum atomic E-state index is -0.929. The fourth-order valence-corrected chi connectivity index (χ4v) is 2.73. The highest BCUT2D eigenvalue weighted by Crippen LogP contribution is 2.27. The lowest BCUT2D eigenvalue weighted by molar-refractivity contribution is -0.137. The van der Waals surface area contributed by atoms with Gasteiger partial charge in [0.25, 0.3) is 11.8 Å². The van der Waals surface area contributed by atoms with Crippen LogP contribution in [0.3, 0.4) is 0 Å². The summed E-state index contributed by atoms with van der Waals surface area (Å²) < 4.78 is 0. The van der Waals surface area contributed by atoms with Crippen molar-refractivity contribution >= 4 is 33.7 Å². The van der Waals surface area contributed by atoms with Crippen molar-refractivity contribution < 1.29 is 19.5 Å². The number of carbonyl (C=O) groups excluding carboxylic acids is 2. The molecule has 6 heteroatoms. The normalized spacial score (nSPS) is 13.8. The maximum atomic E-state index is 12.3. The lowest BCUT2D eigenvalue weighted by Crippen LogP contribution is -2.31. The highest BCUT2D eigenvalue weighted by Gasteiger charge is 2.36. The molecule has 0 radical (unpaired) electrons. The second-order valence-electron chi connectivity index (χ2n) is 4.54. The molecule has 0 atom stereocenters. The van der Waals surface area contributed by atoms with Crippen molar-refractivity contribution in [2.45, 2.75) is 19.3 Å². The number of carbonyl (C=O) groups is 3. The number of carboxylic acid groups (broad SMARTS) is 1. The van der Waals surface area contributed by atoms with Crippen LogP contribution in [-0.2, 0) is 11.2 Å². The molecule has 0 bridgehead atoms. The van der Waals surface area contributed by atoms with E-state index in [0.29, 0.717) is 22.9 Å². The molecule has 2 rings (SSSR count). The number of nitrogens with zero attached hydrogens (tertiary/aromatic N) is 1. The first kappa shape index (κ1) is 14.7. The molecule has 20 heavy (non-hydrogen) atoms. The van der Waals surface area contributed by atoms with Crippen LogP contribution in [0.15, 0.2) is 18.2 Å². The molecule has 1 aliphatic rings. The number of aryl methyl sites for hydroxylation is 1. The van der Waals surface area contributed by atoms with Gasteiger partial charge in [-0.15, -0.1) is 0 Å². The van der Waals surface area contributed by atoms with Gasteiger partial charge in [-0.1, -0.05) is 28.1 Å². The van der Waals surface area contributed by atoms with E-state index >= 15 is 0 Å². The summed E-state index contributed by atoms with van der Waals surface area (Å²) >= 11 is 3.33. The number of rotatable bonds is 6. The smallest absolute Gasteiger partial charge is 0.303 e. The van der Waals surface area contributed by atoms with E-state index in [1.165, 1.54) is 0 Å². The largest absolute Gasteiger partial charge is 0.481 e. The molecular weight excluding hydrogens is 326 g/mol. The zero-order valence-electron chi connectivity index (χ0n) is 10.8. The summed E-state index contributed by atoms with van der Waals surface area (Å²) in [5.41, 5.74) is 1.73. The van der Waals surface area contributed by atoms with Crippen LogP contribution in [-0.4, -0.2) is 39.7 Å². The third-order valence-corrected chi connectivity index (χ3v) is 3.62. The number of fused-ring (bicyclic) bond motifs is 1. The van der Waals surface area contributed by atoms with Crippen molar-refractivity contribution in [3.63, 3.8) is 0 Å². The van der Waals surface area contributed by atoms with E-state index in [0.717, 1.165) is 10.5 Å². The van der Waals surface area contributed by atoms with Crippen molar-refractivity contribution in [1.82, 2.24) is 4.90 Å². The van der Waals surface area contributed by atoms with E-state index in [1.807, 2.05) is 6.07 Å². The molecule has 0 aliphatic carbocycles. The summed E-state index contributed by atoms with van der Waals surface area (Å²) in [6.45, 7) is 0.145. The monoisotopic (exact) mass is 339 g/mol. The van der Waals surface area contributed by atoms with Crippen LogP contribution in [0.5, 0.6) is 0 Å². The number of amides is 2. The third kappa shape index (κ3) is 2.75. The number of imide groups is 1. The van der Waals surface area contributed by atoms with Gasteiger partial charge in [-0.2, -0.15) is 0 Å². The number of hydrogen-bond donors (Lipinski definition) is 1. The molecular formula is C14H14BrNO4. The molecule has 0 saturated carbocycles. The average Bonchev–Trinajstić information content (AvgIpc) is 2.65. The van der Waals surface area contributed by atoms with E-state index in [-0.39, 0.29) is 31.2 Å². The number of aliphatic carboxylic acids is 1. The average molecular weight is 340 g/mol. The SMILES string of the molecule is O=C(O)CCCN1C(=O)c2cccc(CCBr)c2C1=O. The van der Waals surface area contributed by atoms with Crippen LogP contribution in [0.25, 0.3) is 0 Å². The molecule has 5 nitrogen and oxygen atoms in total. The van der Waals surface area contributed by atoms with Crippen molar-refractivity contribution in [2.75, 3.05) is 11.9 Å². The zero-order valence-corrected chi connectivity index (χ0v) is 12.4. The molecule has 1 N–H and O–H groups in total. The van der Waals surface area contributed by atoms with Crippen molar-refractivity contribution in [3.05, 3.63) is 34.9 Å². The summed E-state index contributed by atoms with van der Waals surface area (Å²) in [5, 5.41) is 9.33. The molecule has 1 aromatic carbocycles. The number of halogens is 1. The molecule has 0 saturated heterocycles. The molecule has 2 amide bonds. The predicted octanol–water partition coefficient (Wildman–Crippen LogP) is 2.08. The van der Waals surface area contributed by atoms with E-state index in [1.54, 1.807) is 12.1 Å². The van der Waals surface area contributed by atoms with Gasteiger partial charge in [-0.05, 0) is 24.5 Å². The lowest BCUT2D eigenvalue weighted by atomic mass is 10.0. The first-order valence-corrected chi connectivity index (χ1v) is 7.44. The summed E-state index contributed by atoms with van der Waals surface area (Å²) in [6.07, 6.45) is 0.890. The van der Waals surface area contributed by atoms with Gasteiger partial charge in [0.05, 0.1) is 11.1 Å². The van der Waals surface area contributed by atoms with E-state index < -0.39 is 5.97 Å². The number of benzene rings is 1. The number of alkyl halides is 1. The van der Waals surface area contributed by atoms with Crippen LogP contribution < -0.4 is 0 Å². The quantitative estimate of drug-likeness (QED) is 0.636. The van der Waals surface area contributed by atoms with Gasteiger partial charge in [0.2, 0.25) is 0 Å². The number of carboxylic acids is 1. The van der Waals surface area contributed by atoms with E-state index in [4.69, 9.17) is 5.11 Å². The Morgan fingerprint density at radius 1 is 1.25 bits per heavy atom. The first-order valence-electron chi connectivity index (χ1n) is 6.32. The molecule has 1 heterocycles. The third-order valence-electron chi connectivity index (χ3n) is 3.22. The fraction of sp³-hybridized carbons (Fsp3) is 0.357. The molecule has 0 spiro atoms. The Balaban J connectivity index is 2.21. The van der Waals surface area contributed by atoms with Crippen LogP contribution >= 0.6 is 15.9 Å². The first-order chi connectivity index (χ1) is 9.56. The van der Waals surface area contributed by atoms with Crippen molar-refractivity contribution in [3.8, 4) is 0 Å². The van der Waals surface area contributed by atoms with Crippen LogP contribution in [0.1, 0.15) is 39.1 Å². The topological polar surface area (TPSA) is 74.7 Å². The zero-order chi connectivity index (χ0) is 14.7. The van der Waals surface area contributed by atoms with Crippen LogP contribution in [0.4, 0.5) is 0 Å². The second kappa shape index (κ2) is 6.17. The molecule has 1 aliphatic heterocycles. The molecule has 1 aromatic rings. The van der Waals surface area contributed by atoms with Gasteiger partial charge in [0.1, 0.15) is 0 Å². The number of hydrogen-bond acceptors (Lipinski definition) is 3. The maximum Gasteiger partial charge on any atom is 0.303 e. The summed E-state index contributed by atoms with van der Waals surface area (Å²) in [5.74, 6) is -1.57. The van der Waals surface area contributed by atoms with Gasteiger partial charge in [0, 0.05) is 18.3 Å². The molecule has 0 unspecified atom stereocenters. The van der Waals surface area contributed by atoms with Gasteiger partial charge in [-0.25, -0.2) is 0 Å². The molecule has 106 valence electrons. The Labute approximate surface area is 124 Å². The standard InChI is InChI=1S/C14H14BrNO4/c15-7-6-9-3-1-4-10-12(9)14(20)16(13(10)19)8-2-5-11(17)18/h1,3-4H,2,5-8H2,(H,17,18). The summed E-state index contributed by atoms with van der Waals surface area (Å²) in [6, 6.07) is 5.25. The van der Waals surface area contributed by atoms with E-state index in [2.05, 4.69) is 15.9 Å². The van der Waals surface area contributed by atoms with Crippen LogP contribution in [0, 0.1) is 0 Å². The molecule has 0 fully saturated rings. The second-order valence-corrected chi connectivity index (χ2v) is 5.33. The molecule has 0 aromatic heterocycles. The lowest BCUT2D eigenvalue weighted by Gasteiger charge is -2.12. The van der Waals surface area contributed by atoms with Gasteiger partial charge >= 0.3 is 5.97 Å². The summed E-state index contributed by atoms with van der Waals surface area (Å²) in [4.78, 5) is 36.2. The fourth-order valence-electron chi connectivity index (χ4n) is 2.31. The Morgan fingerprint density at radius 3 is 2.65 bits per heavy atom. The maximum absolute atomic E-state index is 12.3. The highest BCUT2D eigenvalue weighted by atomic mass is 79.9. The van der Waals surface area contributed by atoms with Crippen molar-refractivity contribution in [2.24, 2.45) is 0 Å². The minimum Gasteiger partial charge on any atom is -0.481 e. The van der Waals surface area contributed by atoms with Crippen molar-refractivity contribution in [1.29, 1.82) is 0 Å². The van der Waals surface area contributed by atoms with Gasteiger partial charge in [-0.3, -0.25) is 19.3 Å². The Kier molecular flexibility index (Phi) is 4.54. The van der Waals surface area contributed by atoms with E-state index in [9.17, 15) is 14.4 Å². The Hall–Kier alpha value is -1.69. The minimum absolute atomic E-state index is 0.0539. The Morgan fingerprint density at radius 2 is 2.00 bits per heavy atom. The van der Waals surface area contributed by atoms with Gasteiger partial charge < -0.3 is 5.11 Å².